The van der Waals surface area contributed by atoms with Crippen molar-refractivity contribution < 1.29 is 0 Å². The lowest BCUT2D eigenvalue weighted by Gasteiger charge is -1.99. The molecule has 4 heteroatoms. The van der Waals surface area contributed by atoms with Crippen molar-refractivity contribution in [2.24, 2.45) is 5.73 Å². The second kappa shape index (κ2) is 4.99. The molecule has 0 saturated heterocycles. The van der Waals surface area contributed by atoms with Gasteiger partial charge in [-0.3, -0.25) is 4.68 Å². The van der Waals surface area contributed by atoms with Gasteiger partial charge in [-0.25, -0.2) is 0 Å². The first-order valence-electron chi connectivity index (χ1n) is 5.68. The van der Waals surface area contributed by atoms with Crippen LogP contribution in [0.1, 0.15) is 18.1 Å². The fourth-order valence-corrected chi connectivity index (χ4v) is 1.78. The zero-order valence-corrected chi connectivity index (χ0v) is 9.63. The Labute approximate surface area is 95.7 Å². The van der Waals surface area contributed by atoms with Crippen LogP contribution in [0.25, 0.3) is 0 Å². The number of aromatic nitrogens is 3. The fourth-order valence-electron chi connectivity index (χ4n) is 1.78. The van der Waals surface area contributed by atoms with Crippen LogP contribution >= 0.6 is 0 Å². The van der Waals surface area contributed by atoms with E-state index in [1.54, 1.807) is 0 Å². The zero-order chi connectivity index (χ0) is 11.4. The minimum absolute atomic E-state index is 0.706. The highest BCUT2D eigenvalue weighted by Gasteiger charge is 2.00. The summed E-state index contributed by atoms with van der Waals surface area (Å²) in [6.45, 7) is 4.60. The molecular weight excluding hydrogens is 200 g/mol. The number of nitrogens with two attached hydrogens (primary N) is 1. The van der Waals surface area contributed by atoms with Crippen molar-refractivity contribution in [1.82, 2.24) is 14.3 Å². The van der Waals surface area contributed by atoms with Gasteiger partial charge in [-0.15, -0.1) is 0 Å². The number of aryl methyl sites for hydroxylation is 1. The first-order valence-corrected chi connectivity index (χ1v) is 5.68. The van der Waals surface area contributed by atoms with Gasteiger partial charge in [-0.1, -0.05) is 0 Å². The highest BCUT2D eigenvalue weighted by molar-refractivity contribution is 5.13. The van der Waals surface area contributed by atoms with E-state index >= 15 is 0 Å². The van der Waals surface area contributed by atoms with Gasteiger partial charge < -0.3 is 10.3 Å². The normalized spacial score (nSPS) is 10.9. The van der Waals surface area contributed by atoms with E-state index in [0.29, 0.717) is 6.54 Å². The molecule has 4 nitrogen and oxygen atoms in total. The summed E-state index contributed by atoms with van der Waals surface area (Å²) in [5.41, 5.74) is 8.05. The monoisotopic (exact) mass is 218 g/mol. The molecule has 0 unspecified atom stereocenters. The maximum absolute atomic E-state index is 5.52. The Balaban J connectivity index is 2.02. The minimum Gasteiger partial charge on any atom is -0.350 e. The van der Waals surface area contributed by atoms with Crippen LogP contribution in [0.3, 0.4) is 0 Å². The summed E-state index contributed by atoms with van der Waals surface area (Å²) in [6, 6.07) is 2.12. The Bertz CT molecular complexity index is 441. The summed E-state index contributed by atoms with van der Waals surface area (Å²) in [7, 11) is 0. The lowest BCUT2D eigenvalue weighted by Crippen LogP contribution is -2.02. The molecule has 2 rings (SSSR count). The highest BCUT2D eigenvalue weighted by Crippen LogP contribution is 2.06. The van der Waals surface area contributed by atoms with Crippen molar-refractivity contribution >= 4 is 0 Å². The van der Waals surface area contributed by atoms with Crippen LogP contribution < -0.4 is 5.73 Å². The molecule has 0 bridgehead atoms. The van der Waals surface area contributed by atoms with Crippen LogP contribution in [-0.2, 0) is 19.5 Å². The maximum atomic E-state index is 5.52. The third kappa shape index (κ3) is 2.52. The van der Waals surface area contributed by atoms with E-state index in [0.717, 1.165) is 19.5 Å². The van der Waals surface area contributed by atoms with Crippen molar-refractivity contribution in [3.8, 4) is 0 Å². The van der Waals surface area contributed by atoms with Crippen molar-refractivity contribution in [3.05, 3.63) is 42.0 Å². The third-order valence-corrected chi connectivity index (χ3v) is 2.62. The van der Waals surface area contributed by atoms with Crippen molar-refractivity contribution in [2.45, 2.75) is 26.4 Å². The van der Waals surface area contributed by atoms with E-state index in [4.69, 9.17) is 5.73 Å². The van der Waals surface area contributed by atoms with E-state index in [1.807, 2.05) is 10.9 Å². The van der Waals surface area contributed by atoms with Gasteiger partial charge in [0.05, 0.1) is 12.7 Å². The van der Waals surface area contributed by atoms with Crippen LogP contribution in [0.2, 0.25) is 0 Å². The Morgan fingerprint density at radius 3 is 2.88 bits per heavy atom. The summed E-state index contributed by atoms with van der Waals surface area (Å²) in [5, 5.41) is 4.26. The highest BCUT2D eigenvalue weighted by atomic mass is 15.3. The van der Waals surface area contributed by atoms with Gasteiger partial charge in [-0.05, 0) is 31.5 Å². The number of hydrogen-bond donors (Lipinski definition) is 1. The topological polar surface area (TPSA) is 48.8 Å². The molecule has 0 aliphatic rings. The predicted octanol–water partition coefficient (Wildman–Crippen LogP) is 1.25. The van der Waals surface area contributed by atoms with Crippen LogP contribution in [0.15, 0.2) is 30.9 Å². The van der Waals surface area contributed by atoms with Crippen molar-refractivity contribution in [3.63, 3.8) is 0 Å². The Morgan fingerprint density at radius 1 is 1.31 bits per heavy atom. The number of hydrogen-bond acceptors (Lipinski definition) is 2. The van der Waals surface area contributed by atoms with Gasteiger partial charge in [-0.2, -0.15) is 5.10 Å². The van der Waals surface area contributed by atoms with Crippen LogP contribution in [0, 0.1) is 0 Å². The lowest BCUT2D eigenvalue weighted by atomic mass is 10.2. The van der Waals surface area contributed by atoms with Gasteiger partial charge in [0.1, 0.15) is 0 Å². The molecule has 2 heterocycles. The summed E-state index contributed by atoms with van der Waals surface area (Å²) >= 11 is 0. The quantitative estimate of drug-likeness (QED) is 0.821. The van der Waals surface area contributed by atoms with Crippen molar-refractivity contribution in [2.75, 3.05) is 6.54 Å². The van der Waals surface area contributed by atoms with Crippen LogP contribution in [0.4, 0.5) is 0 Å². The SMILES string of the molecule is CCn1cc(Cn2ccc(CCN)c2)cn1. The molecule has 2 aromatic rings. The second-order valence-electron chi connectivity index (χ2n) is 3.94. The molecule has 0 amide bonds. The maximum Gasteiger partial charge on any atom is 0.0539 e. The first-order chi connectivity index (χ1) is 7.81. The largest absolute Gasteiger partial charge is 0.350 e. The van der Waals surface area contributed by atoms with E-state index in [1.165, 1.54) is 11.1 Å². The number of nitrogens with zero attached hydrogens (tertiary/aromatic N) is 3. The molecule has 0 saturated carbocycles. The molecule has 86 valence electrons. The molecule has 2 aromatic heterocycles. The van der Waals surface area contributed by atoms with E-state index in [-0.39, 0.29) is 0 Å². The number of rotatable bonds is 5. The summed E-state index contributed by atoms with van der Waals surface area (Å²) in [5.74, 6) is 0. The van der Waals surface area contributed by atoms with Gasteiger partial charge in [0.15, 0.2) is 0 Å². The smallest absolute Gasteiger partial charge is 0.0539 e. The average Bonchev–Trinajstić information content (AvgIpc) is 2.89. The van der Waals surface area contributed by atoms with Gasteiger partial charge >= 0.3 is 0 Å². The van der Waals surface area contributed by atoms with Gasteiger partial charge in [0, 0.05) is 30.7 Å². The summed E-state index contributed by atoms with van der Waals surface area (Å²) in [4.78, 5) is 0. The van der Waals surface area contributed by atoms with Gasteiger partial charge in [0.25, 0.3) is 0 Å². The molecule has 0 spiro atoms. The van der Waals surface area contributed by atoms with Gasteiger partial charge in [0.2, 0.25) is 0 Å². The van der Waals surface area contributed by atoms with E-state index in [2.05, 4.69) is 41.2 Å². The standard InChI is InChI=1S/C12H18N4/c1-2-16-10-12(7-14-16)9-15-6-4-11(8-15)3-5-13/h4,6-8,10H,2-3,5,9,13H2,1H3. The van der Waals surface area contributed by atoms with E-state index in [9.17, 15) is 0 Å². The fraction of sp³-hybridized carbons (Fsp3) is 0.417. The second-order valence-corrected chi connectivity index (χ2v) is 3.94. The Hall–Kier alpha value is -1.55. The summed E-state index contributed by atoms with van der Waals surface area (Å²) in [6.07, 6.45) is 9.19. The molecule has 0 fully saturated rings. The average molecular weight is 218 g/mol. The molecule has 0 radical (unpaired) electrons. The predicted molar refractivity (Wildman–Crippen MR) is 64.2 cm³/mol. The Morgan fingerprint density at radius 2 is 2.19 bits per heavy atom. The minimum atomic E-state index is 0.706. The van der Waals surface area contributed by atoms with Crippen LogP contribution in [0.5, 0.6) is 0 Å². The molecular formula is C12H18N4. The van der Waals surface area contributed by atoms with E-state index < -0.39 is 0 Å². The third-order valence-electron chi connectivity index (χ3n) is 2.62. The molecule has 0 atom stereocenters. The molecule has 16 heavy (non-hydrogen) atoms. The lowest BCUT2D eigenvalue weighted by molar-refractivity contribution is 0.658. The van der Waals surface area contributed by atoms with Crippen molar-refractivity contribution in [1.29, 1.82) is 0 Å². The first kappa shape index (κ1) is 11.0. The summed E-state index contributed by atoms with van der Waals surface area (Å²) < 4.78 is 4.11. The zero-order valence-electron chi connectivity index (χ0n) is 9.63. The van der Waals surface area contributed by atoms with Crippen LogP contribution in [-0.4, -0.2) is 20.9 Å². The molecule has 2 N–H and O–H groups in total. The Kier molecular flexibility index (Phi) is 3.41. The molecule has 0 aliphatic carbocycles. The molecule has 0 aliphatic heterocycles. The molecule has 0 aromatic carbocycles.